The van der Waals surface area contributed by atoms with Gasteiger partial charge in [-0.25, -0.2) is 15.1 Å². The molecule has 0 fully saturated rings. The van der Waals surface area contributed by atoms with Crippen LogP contribution in [0.5, 0.6) is 11.5 Å². The van der Waals surface area contributed by atoms with Crippen molar-refractivity contribution in [3.63, 3.8) is 0 Å². The predicted octanol–water partition coefficient (Wildman–Crippen LogP) is 2.44. The number of hydrogen-bond acceptors (Lipinski definition) is 7. The van der Waals surface area contributed by atoms with Gasteiger partial charge in [0.2, 0.25) is 0 Å². The van der Waals surface area contributed by atoms with Crippen LogP contribution in [0, 0.1) is 0 Å². The highest BCUT2D eigenvalue weighted by atomic mass is 32.2. The average molecular weight is 403 g/mol. The molecule has 0 radical (unpaired) electrons. The van der Waals surface area contributed by atoms with E-state index >= 15 is 0 Å². The fourth-order valence-electron chi connectivity index (χ4n) is 2.79. The van der Waals surface area contributed by atoms with Crippen LogP contribution >= 0.6 is 0 Å². The summed E-state index contributed by atoms with van der Waals surface area (Å²) < 4.78 is 35.1. The van der Waals surface area contributed by atoms with Gasteiger partial charge in [-0.05, 0) is 30.7 Å². The standard InChI is InChI=1S/C18H21N5O4S/c1-11(12-4-6-13(7-5-12)23-28(19,24)25)22-18-14-8-16(26-2)17(27-3)9-15(14)20-10-21-18/h4-11,23H,1-3H3,(H2,19,24,25)(H,20,21,22)/t11-/m0/s1. The minimum atomic E-state index is -3.80. The zero-order chi connectivity index (χ0) is 20.3. The summed E-state index contributed by atoms with van der Waals surface area (Å²) >= 11 is 0. The molecule has 2 aromatic carbocycles. The van der Waals surface area contributed by atoms with Gasteiger partial charge in [0.1, 0.15) is 12.1 Å². The van der Waals surface area contributed by atoms with Crippen LogP contribution in [0.2, 0.25) is 0 Å². The molecule has 0 saturated carbocycles. The minimum Gasteiger partial charge on any atom is -0.493 e. The van der Waals surface area contributed by atoms with Crippen molar-refractivity contribution in [2.45, 2.75) is 13.0 Å². The van der Waals surface area contributed by atoms with Crippen molar-refractivity contribution in [3.8, 4) is 11.5 Å². The fraction of sp³-hybridized carbons (Fsp3) is 0.222. The summed E-state index contributed by atoms with van der Waals surface area (Å²) in [6.07, 6.45) is 1.47. The Morgan fingerprint density at radius 3 is 2.29 bits per heavy atom. The van der Waals surface area contributed by atoms with E-state index in [1.807, 2.05) is 13.0 Å². The van der Waals surface area contributed by atoms with Gasteiger partial charge in [-0.2, -0.15) is 8.42 Å². The summed E-state index contributed by atoms with van der Waals surface area (Å²) in [6, 6.07) is 10.4. The Labute approximate surface area is 163 Å². The lowest BCUT2D eigenvalue weighted by atomic mass is 10.1. The zero-order valence-corrected chi connectivity index (χ0v) is 16.4. The second kappa shape index (κ2) is 7.87. The molecule has 9 nitrogen and oxygen atoms in total. The van der Waals surface area contributed by atoms with Crippen molar-refractivity contribution >= 4 is 32.6 Å². The number of fused-ring (bicyclic) bond motifs is 1. The molecular formula is C18H21N5O4S. The first-order valence-electron chi connectivity index (χ1n) is 8.34. The molecule has 0 saturated heterocycles. The van der Waals surface area contributed by atoms with Crippen molar-refractivity contribution in [1.29, 1.82) is 0 Å². The van der Waals surface area contributed by atoms with Gasteiger partial charge in [0, 0.05) is 23.2 Å². The van der Waals surface area contributed by atoms with E-state index in [0.717, 1.165) is 16.5 Å². The van der Waals surface area contributed by atoms with Crippen LogP contribution in [0.25, 0.3) is 10.9 Å². The molecule has 10 heteroatoms. The van der Waals surface area contributed by atoms with Crippen LogP contribution in [-0.2, 0) is 10.2 Å². The third kappa shape index (κ3) is 4.41. The quantitative estimate of drug-likeness (QED) is 0.552. The number of hydrogen-bond donors (Lipinski definition) is 3. The van der Waals surface area contributed by atoms with E-state index in [4.69, 9.17) is 14.6 Å². The fourth-order valence-corrected chi connectivity index (χ4v) is 3.26. The van der Waals surface area contributed by atoms with Crippen LogP contribution in [0.3, 0.4) is 0 Å². The van der Waals surface area contributed by atoms with Gasteiger partial charge in [-0.3, -0.25) is 4.72 Å². The first kappa shape index (κ1) is 19.6. The molecule has 0 aliphatic rings. The number of ether oxygens (including phenoxy) is 2. The number of anilines is 2. The topological polar surface area (TPSA) is 128 Å². The molecule has 0 amide bonds. The number of methoxy groups -OCH3 is 2. The normalized spacial score (nSPS) is 12.4. The van der Waals surface area contributed by atoms with Crippen LogP contribution in [0.15, 0.2) is 42.7 Å². The number of nitrogens with one attached hydrogen (secondary N) is 2. The minimum absolute atomic E-state index is 0.102. The van der Waals surface area contributed by atoms with Crippen LogP contribution in [-0.4, -0.2) is 32.6 Å². The summed E-state index contributed by atoms with van der Waals surface area (Å²) in [6.45, 7) is 1.97. The lowest BCUT2D eigenvalue weighted by Gasteiger charge is -2.17. The molecule has 1 atom stereocenters. The number of nitrogens with zero attached hydrogens (tertiary/aromatic N) is 2. The van der Waals surface area contributed by atoms with E-state index in [1.165, 1.54) is 6.33 Å². The molecule has 1 aromatic heterocycles. The van der Waals surface area contributed by atoms with Crippen molar-refractivity contribution < 1.29 is 17.9 Å². The Kier molecular flexibility index (Phi) is 5.52. The maximum absolute atomic E-state index is 11.1. The second-order valence-corrected chi connectivity index (χ2v) is 7.38. The summed E-state index contributed by atoms with van der Waals surface area (Å²) in [5.74, 6) is 1.81. The molecule has 4 N–H and O–H groups in total. The molecule has 0 aliphatic heterocycles. The molecule has 0 spiro atoms. The van der Waals surface area contributed by atoms with E-state index in [-0.39, 0.29) is 6.04 Å². The molecule has 28 heavy (non-hydrogen) atoms. The first-order valence-corrected chi connectivity index (χ1v) is 9.89. The Morgan fingerprint density at radius 2 is 1.68 bits per heavy atom. The van der Waals surface area contributed by atoms with Gasteiger partial charge in [-0.15, -0.1) is 0 Å². The number of rotatable bonds is 7. The zero-order valence-electron chi connectivity index (χ0n) is 15.6. The number of benzene rings is 2. The Balaban J connectivity index is 1.87. The molecule has 0 aliphatic carbocycles. The van der Waals surface area contributed by atoms with Crippen LogP contribution in [0.4, 0.5) is 11.5 Å². The Hall–Kier alpha value is -3.11. The average Bonchev–Trinajstić information content (AvgIpc) is 2.66. The van der Waals surface area contributed by atoms with E-state index in [2.05, 4.69) is 20.0 Å². The maximum atomic E-state index is 11.1. The van der Waals surface area contributed by atoms with E-state index in [1.54, 1.807) is 44.6 Å². The summed E-state index contributed by atoms with van der Waals surface area (Å²) in [7, 11) is -0.660. The van der Waals surface area contributed by atoms with Gasteiger partial charge in [0.05, 0.1) is 19.7 Å². The number of nitrogens with two attached hydrogens (primary N) is 1. The Morgan fingerprint density at radius 1 is 1.04 bits per heavy atom. The van der Waals surface area contributed by atoms with E-state index in [9.17, 15) is 8.42 Å². The lowest BCUT2D eigenvalue weighted by molar-refractivity contribution is 0.356. The van der Waals surface area contributed by atoms with Gasteiger partial charge < -0.3 is 14.8 Å². The van der Waals surface area contributed by atoms with Crippen LogP contribution < -0.4 is 24.7 Å². The van der Waals surface area contributed by atoms with Crippen molar-refractivity contribution in [2.24, 2.45) is 5.14 Å². The monoisotopic (exact) mass is 403 g/mol. The molecular weight excluding hydrogens is 382 g/mol. The smallest absolute Gasteiger partial charge is 0.296 e. The predicted molar refractivity (Wildman–Crippen MR) is 108 cm³/mol. The molecule has 148 valence electrons. The maximum Gasteiger partial charge on any atom is 0.296 e. The lowest BCUT2D eigenvalue weighted by Crippen LogP contribution is -2.21. The second-order valence-electron chi connectivity index (χ2n) is 6.08. The summed E-state index contributed by atoms with van der Waals surface area (Å²) in [5.41, 5.74) is 2.05. The molecule has 3 aromatic rings. The SMILES string of the molecule is COc1cc2ncnc(N[C@@H](C)c3ccc(NS(N)(=O)=O)cc3)c2cc1OC. The highest BCUT2D eigenvalue weighted by molar-refractivity contribution is 7.90. The third-order valence-electron chi connectivity index (χ3n) is 4.16. The highest BCUT2D eigenvalue weighted by Gasteiger charge is 2.13. The van der Waals surface area contributed by atoms with Crippen molar-refractivity contribution in [3.05, 3.63) is 48.3 Å². The van der Waals surface area contributed by atoms with E-state index in [0.29, 0.717) is 23.0 Å². The summed E-state index contributed by atoms with van der Waals surface area (Å²) in [5, 5.41) is 9.12. The van der Waals surface area contributed by atoms with Gasteiger partial charge in [-0.1, -0.05) is 12.1 Å². The third-order valence-corrected chi connectivity index (χ3v) is 4.68. The Bertz CT molecular complexity index is 1090. The highest BCUT2D eigenvalue weighted by Crippen LogP contribution is 2.34. The number of aromatic nitrogens is 2. The van der Waals surface area contributed by atoms with E-state index < -0.39 is 10.2 Å². The van der Waals surface area contributed by atoms with Crippen molar-refractivity contribution in [2.75, 3.05) is 24.3 Å². The van der Waals surface area contributed by atoms with Crippen molar-refractivity contribution in [1.82, 2.24) is 9.97 Å². The molecule has 3 rings (SSSR count). The molecule has 1 heterocycles. The summed E-state index contributed by atoms with van der Waals surface area (Å²) in [4.78, 5) is 8.63. The largest absolute Gasteiger partial charge is 0.493 e. The molecule has 0 bridgehead atoms. The first-order chi connectivity index (χ1) is 13.3. The molecule has 0 unspecified atom stereocenters. The van der Waals surface area contributed by atoms with Gasteiger partial charge in [0.15, 0.2) is 11.5 Å². The van der Waals surface area contributed by atoms with Crippen LogP contribution in [0.1, 0.15) is 18.5 Å². The van der Waals surface area contributed by atoms with Gasteiger partial charge >= 0.3 is 0 Å². The van der Waals surface area contributed by atoms with Gasteiger partial charge in [0.25, 0.3) is 10.2 Å².